The van der Waals surface area contributed by atoms with E-state index >= 15 is 0 Å². The van der Waals surface area contributed by atoms with Gasteiger partial charge in [0.2, 0.25) is 0 Å². The third-order valence-electron chi connectivity index (χ3n) is 5.76. The first-order valence-corrected chi connectivity index (χ1v) is 10.3. The number of hydrogen-bond acceptors (Lipinski definition) is 4. The molecule has 0 unspecified atom stereocenters. The molecular weight excluding hydrogens is 358 g/mol. The molecule has 0 saturated carbocycles. The second kappa shape index (κ2) is 7.32. The highest BCUT2D eigenvalue weighted by Gasteiger charge is 2.24. The van der Waals surface area contributed by atoms with E-state index in [1.165, 1.54) is 5.56 Å². The summed E-state index contributed by atoms with van der Waals surface area (Å²) >= 11 is 0. The van der Waals surface area contributed by atoms with Crippen LogP contribution in [0.4, 0.5) is 5.82 Å². The number of rotatable bonds is 3. The lowest BCUT2D eigenvalue weighted by Gasteiger charge is -2.32. The molecule has 0 aliphatic carbocycles. The Bertz CT molecular complexity index is 1140. The number of benzene rings is 2. The number of aromatic nitrogens is 4. The van der Waals surface area contributed by atoms with E-state index in [4.69, 9.17) is 9.97 Å². The normalized spacial score (nSPS) is 15.2. The van der Waals surface area contributed by atoms with Crippen LogP contribution in [-0.4, -0.2) is 33.0 Å². The van der Waals surface area contributed by atoms with Crippen molar-refractivity contribution in [1.29, 1.82) is 0 Å². The van der Waals surface area contributed by atoms with E-state index in [1.54, 1.807) is 0 Å². The van der Waals surface area contributed by atoms with Crippen LogP contribution in [0.3, 0.4) is 0 Å². The molecule has 4 aromatic rings. The van der Waals surface area contributed by atoms with Gasteiger partial charge in [-0.15, -0.1) is 0 Å². The summed E-state index contributed by atoms with van der Waals surface area (Å²) in [7, 11) is 0. The van der Waals surface area contributed by atoms with Gasteiger partial charge in [-0.05, 0) is 44.4 Å². The number of imidazole rings is 1. The molecule has 0 spiro atoms. The van der Waals surface area contributed by atoms with Crippen LogP contribution < -0.4 is 4.90 Å². The number of anilines is 1. The zero-order valence-corrected chi connectivity index (χ0v) is 16.9. The minimum atomic E-state index is 0.468. The number of H-pyrrole nitrogens is 1. The van der Waals surface area contributed by atoms with Crippen LogP contribution in [0.15, 0.2) is 54.6 Å². The van der Waals surface area contributed by atoms with Gasteiger partial charge >= 0.3 is 0 Å². The van der Waals surface area contributed by atoms with Crippen LogP contribution in [0, 0.1) is 13.8 Å². The molecule has 146 valence electrons. The molecule has 0 bridgehead atoms. The summed E-state index contributed by atoms with van der Waals surface area (Å²) in [6.45, 7) is 6.04. The third-order valence-corrected chi connectivity index (χ3v) is 5.76. The average molecular weight is 383 g/mol. The fourth-order valence-corrected chi connectivity index (χ4v) is 4.19. The minimum absolute atomic E-state index is 0.468. The molecule has 5 heteroatoms. The van der Waals surface area contributed by atoms with E-state index in [0.29, 0.717) is 5.92 Å². The molecule has 2 aromatic heterocycles. The molecule has 1 aliphatic rings. The van der Waals surface area contributed by atoms with Gasteiger partial charge in [0, 0.05) is 30.6 Å². The van der Waals surface area contributed by atoms with Crippen LogP contribution >= 0.6 is 0 Å². The molecule has 3 heterocycles. The van der Waals surface area contributed by atoms with Crippen LogP contribution in [0.1, 0.15) is 36.0 Å². The predicted molar refractivity (Wildman–Crippen MR) is 117 cm³/mol. The Morgan fingerprint density at radius 3 is 2.48 bits per heavy atom. The van der Waals surface area contributed by atoms with Crippen molar-refractivity contribution in [3.8, 4) is 11.3 Å². The molecule has 1 saturated heterocycles. The van der Waals surface area contributed by atoms with Gasteiger partial charge in [-0.1, -0.05) is 36.4 Å². The van der Waals surface area contributed by atoms with Crippen LogP contribution in [0.2, 0.25) is 0 Å². The molecule has 0 radical (unpaired) electrons. The first kappa shape index (κ1) is 17.9. The SMILES string of the molecule is Cc1ccc2nc(C3CCN(c4cc(-c5ccccc5)nc(C)n4)CC3)[nH]c2c1. The lowest BCUT2D eigenvalue weighted by molar-refractivity contribution is 0.487. The van der Waals surface area contributed by atoms with Crippen molar-refractivity contribution < 1.29 is 0 Å². The largest absolute Gasteiger partial charge is 0.356 e. The first-order valence-electron chi connectivity index (χ1n) is 10.3. The van der Waals surface area contributed by atoms with Gasteiger partial charge in [-0.3, -0.25) is 0 Å². The Morgan fingerprint density at radius 2 is 1.69 bits per heavy atom. The number of piperidine rings is 1. The summed E-state index contributed by atoms with van der Waals surface area (Å²) in [5.41, 5.74) is 5.58. The number of aryl methyl sites for hydroxylation is 2. The highest BCUT2D eigenvalue weighted by Crippen LogP contribution is 2.31. The summed E-state index contributed by atoms with van der Waals surface area (Å²) in [6.07, 6.45) is 2.14. The van der Waals surface area contributed by atoms with Gasteiger partial charge in [-0.25, -0.2) is 15.0 Å². The second-order valence-electron chi connectivity index (χ2n) is 7.93. The van der Waals surface area contributed by atoms with Crippen LogP contribution in [0.5, 0.6) is 0 Å². The second-order valence-corrected chi connectivity index (χ2v) is 7.93. The van der Waals surface area contributed by atoms with Crippen molar-refractivity contribution >= 4 is 16.9 Å². The van der Waals surface area contributed by atoms with Crippen molar-refractivity contribution in [3.63, 3.8) is 0 Å². The van der Waals surface area contributed by atoms with Gasteiger partial charge in [0.15, 0.2) is 0 Å². The molecule has 1 fully saturated rings. The molecule has 1 N–H and O–H groups in total. The number of fused-ring (bicyclic) bond motifs is 1. The van der Waals surface area contributed by atoms with Crippen LogP contribution in [-0.2, 0) is 0 Å². The Labute approximate surface area is 170 Å². The Morgan fingerprint density at radius 1 is 0.897 bits per heavy atom. The smallest absolute Gasteiger partial charge is 0.132 e. The highest BCUT2D eigenvalue weighted by molar-refractivity contribution is 5.76. The van der Waals surface area contributed by atoms with E-state index in [1.807, 2.05) is 25.1 Å². The zero-order valence-electron chi connectivity index (χ0n) is 16.9. The van der Waals surface area contributed by atoms with Gasteiger partial charge in [0.25, 0.3) is 0 Å². The Hall–Kier alpha value is -3.21. The maximum atomic E-state index is 4.84. The monoisotopic (exact) mass is 383 g/mol. The minimum Gasteiger partial charge on any atom is -0.356 e. The van der Waals surface area contributed by atoms with Crippen molar-refractivity contribution in [2.75, 3.05) is 18.0 Å². The predicted octanol–water partition coefficient (Wildman–Crippen LogP) is 5.02. The summed E-state index contributed by atoms with van der Waals surface area (Å²) in [5, 5.41) is 0. The number of nitrogens with one attached hydrogen (secondary N) is 1. The average Bonchev–Trinajstić information content (AvgIpc) is 3.17. The van der Waals surface area contributed by atoms with Gasteiger partial charge < -0.3 is 9.88 Å². The quantitative estimate of drug-likeness (QED) is 0.540. The number of nitrogens with zero attached hydrogens (tertiary/aromatic N) is 4. The van der Waals surface area contributed by atoms with Crippen molar-refractivity contribution in [2.45, 2.75) is 32.6 Å². The van der Waals surface area contributed by atoms with Gasteiger partial charge in [-0.2, -0.15) is 0 Å². The Kier molecular flexibility index (Phi) is 4.51. The molecule has 5 nitrogen and oxygen atoms in total. The van der Waals surface area contributed by atoms with E-state index in [2.05, 4.69) is 58.2 Å². The molecule has 0 atom stereocenters. The highest BCUT2D eigenvalue weighted by atomic mass is 15.2. The van der Waals surface area contributed by atoms with Crippen LogP contribution in [0.25, 0.3) is 22.3 Å². The lowest BCUT2D eigenvalue weighted by Crippen LogP contribution is -2.34. The van der Waals surface area contributed by atoms with Crippen molar-refractivity contribution in [2.24, 2.45) is 0 Å². The topological polar surface area (TPSA) is 57.7 Å². The third kappa shape index (κ3) is 3.60. The number of hydrogen-bond donors (Lipinski definition) is 1. The summed E-state index contributed by atoms with van der Waals surface area (Å²) in [5.74, 6) is 3.43. The molecule has 5 rings (SSSR count). The summed E-state index contributed by atoms with van der Waals surface area (Å²) in [4.78, 5) is 20.1. The lowest BCUT2D eigenvalue weighted by atomic mass is 9.96. The van der Waals surface area contributed by atoms with E-state index in [-0.39, 0.29) is 0 Å². The van der Waals surface area contributed by atoms with Crippen molar-refractivity contribution in [3.05, 3.63) is 71.8 Å². The summed E-state index contributed by atoms with van der Waals surface area (Å²) < 4.78 is 0. The van der Waals surface area contributed by atoms with Gasteiger partial charge in [0.05, 0.1) is 16.7 Å². The zero-order chi connectivity index (χ0) is 19.8. The van der Waals surface area contributed by atoms with E-state index < -0.39 is 0 Å². The number of aromatic amines is 1. The molecule has 29 heavy (non-hydrogen) atoms. The maximum absolute atomic E-state index is 4.84. The molecule has 1 aliphatic heterocycles. The molecule has 2 aromatic carbocycles. The first-order chi connectivity index (χ1) is 14.2. The summed E-state index contributed by atoms with van der Waals surface area (Å²) in [6, 6.07) is 18.8. The van der Waals surface area contributed by atoms with E-state index in [9.17, 15) is 0 Å². The Balaban J connectivity index is 1.34. The molecule has 0 amide bonds. The maximum Gasteiger partial charge on any atom is 0.132 e. The standard InChI is InChI=1S/C24H25N5/c1-16-8-9-20-22(14-16)28-24(27-20)19-10-12-29(13-11-19)23-15-21(25-17(2)26-23)18-6-4-3-5-7-18/h3-9,14-15,19H,10-13H2,1-2H3,(H,27,28). The fraction of sp³-hybridized carbons (Fsp3) is 0.292. The van der Waals surface area contributed by atoms with Gasteiger partial charge in [0.1, 0.15) is 17.5 Å². The fourth-order valence-electron chi connectivity index (χ4n) is 4.19. The van der Waals surface area contributed by atoms with E-state index in [0.717, 1.165) is 65.7 Å². The van der Waals surface area contributed by atoms with Crippen molar-refractivity contribution in [1.82, 2.24) is 19.9 Å². The molecular formula is C24H25N5.